The summed E-state index contributed by atoms with van der Waals surface area (Å²) < 4.78 is 0. The zero-order chi connectivity index (χ0) is 14.3. The Bertz CT molecular complexity index is 247. The summed E-state index contributed by atoms with van der Waals surface area (Å²) in [4.78, 5) is 11.8. The molecule has 0 saturated heterocycles. The molecule has 108 valence electrons. The summed E-state index contributed by atoms with van der Waals surface area (Å²) in [6.45, 7) is 9.69. The van der Waals surface area contributed by atoms with Crippen molar-refractivity contribution in [2.24, 2.45) is 11.7 Å². The van der Waals surface area contributed by atoms with Gasteiger partial charge in [-0.3, -0.25) is 4.79 Å². The zero-order valence-electron chi connectivity index (χ0n) is 12.5. The van der Waals surface area contributed by atoms with Crippen LogP contribution in [0.3, 0.4) is 0 Å². The molecule has 0 aromatic heterocycles. The molecule has 0 aromatic carbocycles. The average molecular weight is 258 g/mol. The average Bonchev–Trinajstić information content (AvgIpc) is 2.13. The van der Waals surface area contributed by atoms with Gasteiger partial charge in [0.25, 0.3) is 0 Å². The van der Waals surface area contributed by atoms with Crippen LogP contribution in [-0.4, -0.2) is 28.7 Å². The Hall–Kier alpha value is -0.610. The van der Waals surface area contributed by atoms with Crippen molar-refractivity contribution in [3.8, 4) is 0 Å². The third-order valence-electron chi connectivity index (χ3n) is 2.88. The number of carbonyl (C=O) groups is 1. The fraction of sp³-hybridized carbons (Fsp3) is 0.929. The number of nitrogens with one attached hydrogen (secondary N) is 1. The lowest BCUT2D eigenvalue weighted by Gasteiger charge is -2.21. The Morgan fingerprint density at radius 2 is 1.89 bits per heavy atom. The number of hydrogen-bond donors (Lipinski definition) is 3. The molecule has 0 fully saturated rings. The predicted octanol–water partition coefficient (Wildman–Crippen LogP) is 1.81. The van der Waals surface area contributed by atoms with E-state index in [1.54, 1.807) is 13.8 Å². The van der Waals surface area contributed by atoms with Crippen LogP contribution in [0.2, 0.25) is 0 Å². The van der Waals surface area contributed by atoms with Crippen molar-refractivity contribution in [3.05, 3.63) is 0 Å². The molecule has 1 unspecified atom stereocenters. The van der Waals surface area contributed by atoms with E-state index in [-0.39, 0.29) is 11.9 Å². The van der Waals surface area contributed by atoms with E-state index in [0.717, 1.165) is 19.3 Å². The van der Waals surface area contributed by atoms with Gasteiger partial charge >= 0.3 is 0 Å². The number of hydrogen-bond acceptors (Lipinski definition) is 3. The van der Waals surface area contributed by atoms with Crippen LogP contribution in [0.15, 0.2) is 0 Å². The maximum atomic E-state index is 11.8. The van der Waals surface area contributed by atoms with Crippen molar-refractivity contribution in [3.63, 3.8) is 0 Å². The minimum atomic E-state index is -0.627. The number of aliphatic hydroxyl groups is 1. The van der Waals surface area contributed by atoms with E-state index in [4.69, 9.17) is 5.73 Å². The van der Waals surface area contributed by atoms with Crippen LogP contribution in [0.25, 0.3) is 0 Å². The van der Waals surface area contributed by atoms with E-state index < -0.39 is 11.6 Å². The topological polar surface area (TPSA) is 75.4 Å². The maximum Gasteiger partial charge on any atom is 0.237 e. The molecule has 4 nitrogen and oxygen atoms in total. The number of nitrogens with two attached hydrogens (primary N) is 1. The van der Waals surface area contributed by atoms with Crippen LogP contribution in [-0.2, 0) is 4.79 Å². The van der Waals surface area contributed by atoms with Crippen molar-refractivity contribution in [2.75, 3.05) is 0 Å². The van der Waals surface area contributed by atoms with Gasteiger partial charge in [0.1, 0.15) is 0 Å². The second kappa shape index (κ2) is 7.74. The molecule has 0 heterocycles. The lowest BCUT2D eigenvalue weighted by Crippen LogP contribution is -2.45. The van der Waals surface area contributed by atoms with Crippen LogP contribution in [0.5, 0.6) is 0 Å². The van der Waals surface area contributed by atoms with Gasteiger partial charge in [0.05, 0.1) is 11.6 Å². The third-order valence-corrected chi connectivity index (χ3v) is 2.88. The van der Waals surface area contributed by atoms with Crippen LogP contribution >= 0.6 is 0 Å². The SMILES string of the molecule is CC(C)C[C@H](N)C(=O)NC(C)CCCC(C)(C)O. The lowest BCUT2D eigenvalue weighted by molar-refractivity contribution is -0.123. The standard InChI is InChI=1S/C14H30N2O2/c1-10(2)9-12(15)13(17)16-11(3)7-6-8-14(4,5)18/h10-12,18H,6-9,15H2,1-5H3,(H,16,17)/t11?,12-/m0/s1. The minimum absolute atomic E-state index is 0.0699. The summed E-state index contributed by atoms with van der Waals surface area (Å²) in [5.41, 5.74) is 5.19. The summed E-state index contributed by atoms with van der Waals surface area (Å²) in [6, 6.07) is -0.306. The molecule has 0 rings (SSSR count). The molecule has 0 radical (unpaired) electrons. The Balaban J connectivity index is 3.87. The summed E-state index contributed by atoms with van der Waals surface area (Å²) >= 11 is 0. The first-order valence-corrected chi connectivity index (χ1v) is 6.90. The van der Waals surface area contributed by atoms with Crippen molar-refractivity contribution >= 4 is 5.91 Å². The van der Waals surface area contributed by atoms with Gasteiger partial charge < -0.3 is 16.2 Å². The summed E-state index contributed by atoms with van der Waals surface area (Å²) in [7, 11) is 0. The van der Waals surface area contributed by atoms with Crippen molar-refractivity contribution in [2.45, 2.75) is 78.0 Å². The molecular formula is C14H30N2O2. The van der Waals surface area contributed by atoms with E-state index in [0.29, 0.717) is 12.3 Å². The zero-order valence-corrected chi connectivity index (χ0v) is 12.5. The van der Waals surface area contributed by atoms with Gasteiger partial charge in [-0.05, 0) is 52.4 Å². The molecule has 18 heavy (non-hydrogen) atoms. The van der Waals surface area contributed by atoms with Gasteiger partial charge in [-0.2, -0.15) is 0 Å². The first-order chi connectivity index (χ1) is 8.11. The minimum Gasteiger partial charge on any atom is -0.390 e. The normalized spacial score (nSPS) is 15.6. The molecule has 0 spiro atoms. The molecule has 2 atom stereocenters. The largest absolute Gasteiger partial charge is 0.390 e. The smallest absolute Gasteiger partial charge is 0.237 e. The molecule has 0 aromatic rings. The van der Waals surface area contributed by atoms with Gasteiger partial charge in [-0.15, -0.1) is 0 Å². The molecule has 0 bridgehead atoms. The summed E-state index contributed by atoms with van der Waals surface area (Å²) in [5.74, 6) is 0.357. The van der Waals surface area contributed by atoms with E-state index in [1.165, 1.54) is 0 Å². The molecule has 0 aliphatic rings. The predicted molar refractivity (Wildman–Crippen MR) is 75.2 cm³/mol. The molecular weight excluding hydrogens is 228 g/mol. The van der Waals surface area contributed by atoms with E-state index >= 15 is 0 Å². The number of carbonyl (C=O) groups excluding carboxylic acids is 1. The van der Waals surface area contributed by atoms with Gasteiger partial charge in [0.15, 0.2) is 0 Å². The second-order valence-corrected chi connectivity index (χ2v) is 6.35. The number of amides is 1. The molecule has 4 N–H and O–H groups in total. The third kappa shape index (κ3) is 9.42. The molecule has 0 aliphatic heterocycles. The quantitative estimate of drug-likeness (QED) is 0.621. The summed E-state index contributed by atoms with van der Waals surface area (Å²) in [5, 5.41) is 12.5. The monoisotopic (exact) mass is 258 g/mol. The van der Waals surface area contributed by atoms with E-state index in [2.05, 4.69) is 19.2 Å². The molecule has 0 saturated carbocycles. The second-order valence-electron chi connectivity index (χ2n) is 6.35. The first-order valence-electron chi connectivity index (χ1n) is 6.90. The lowest BCUT2D eigenvalue weighted by atomic mass is 9.99. The van der Waals surface area contributed by atoms with E-state index in [1.807, 2.05) is 6.92 Å². The Kier molecular flexibility index (Phi) is 7.48. The molecule has 0 aliphatic carbocycles. The van der Waals surface area contributed by atoms with Crippen LogP contribution < -0.4 is 11.1 Å². The Labute approximate surface area is 111 Å². The van der Waals surface area contributed by atoms with Crippen LogP contribution in [0.4, 0.5) is 0 Å². The first kappa shape index (κ1) is 17.4. The van der Waals surface area contributed by atoms with Gasteiger partial charge in [0.2, 0.25) is 5.91 Å². The maximum absolute atomic E-state index is 11.8. The highest BCUT2D eigenvalue weighted by Gasteiger charge is 2.17. The van der Waals surface area contributed by atoms with Gasteiger partial charge in [0, 0.05) is 6.04 Å². The Morgan fingerprint density at radius 1 is 1.33 bits per heavy atom. The van der Waals surface area contributed by atoms with Crippen LogP contribution in [0.1, 0.15) is 60.3 Å². The molecule has 1 amide bonds. The van der Waals surface area contributed by atoms with E-state index in [9.17, 15) is 9.90 Å². The van der Waals surface area contributed by atoms with Crippen molar-refractivity contribution < 1.29 is 9.90 Å². The van der Waals surface area contributed by atoms with Gasteiger partial charge in [-0.25, -0.2) is 0 Å². The van der Waals surface area contributed by atoms with Crippen LogP contribution in [0, 0.1) is 5.92 Å². The van der Waals surface area contributed by atoms with Crippen molar-refractivity contribution in [1.82, 2.24) is 5.32 Å². The highest BCUT2D eigenvalue weighted by atomic mass is 16.3. The summed E-state index contributed by atoms with van der Waals surface area (Å²) in [6.07, 6.45) is 3.21. The fourth-order valence-corrected chi connectivity index (χ4v) is 1.88. The Morgan fingerprint density at radius 3 is 2.33 bits per heavy atom. The fourth-order valence-electron chi connectivity index (χ4n) is 1.88. The highest BCUT2D eigenvalue weighted by molar-refractivity contribution is 5.81. The highest BCUT2D eigenvalue weighted by Crippen LogP contribution is 2.13. The number of rotatable bonds is 8. The van der Waals surface area contributed by atoms with Crippen molar-refractivity contribution in [1.29, 1.82) is 0 Å². The molecule has 4 heteroatoms. The van der Waals surface area contributed by atoms with Gasteiger partial charge in [-0.1, -0.05) is 13.8 Å².